The first-order valence-electron chi connectivity index (χ1n) is 9.46. The molecule has 2 fully saturated rings. The SMILES string of the molecule is O=c1c2ccccc2nc(C2CCCN2S(=O)(=O)c2cnoc2)n1CC1CC1. The van der Waals surface area contributed by atoms with Gasteiger partial charge in [-0.3, -0.25) is 9.36 Å². The maximum atomic E-state index is 13.2. The molecule has 28 heavy (non-hydrogen) atoms. The normalized spacial score (nSPS) is 20.8. The van der Waals surface area contributed by atoms with Crippen LogP contribution < -0.4 is 5.56 Å². The van der Waals surface area contributed by atoms with Crippen LogP contribution in [0.5, 0.6) is 0 Å². The van der Waals surface area contributed by atoms with Gasteiger partial charge in [0.2, 0.25) is 10.0 Å². The summed E-state index contributed by atoms with van der Waals surface area (Å²) in [4.78, 5) is 18.0. The van der Waals surface area contributed by atoms with Crippen LogP contribution in [0.25, 0.3) is 10.9 Å². The Morgan fingerprint density at radius 3 is 2.75 bits per heavy atom. The first kappa shape index (κ1) is 17.6. The largest absolute Gasteiger partial charge is 0.363 e. The fraction of sp³-hybridized carbons (Fsp3) is 0.421. The van der Waals surface area contributed by atoms with Crippen molar-refractivity contribution >= 4 is 20.9 Å². The van der Waals surface area contributed by atoms with E-state index in [1.54, 1.807) is 16.7 Å². The van der Waals surface area contributed by atoms with E-state index in [4.69, 9.17) is 9.51 Å². The fourth-order valence-corrected chi connectivity index (χ4v) is 5.43. The van der Waals surface area contributed by atoms with Crippen molar-refractivity contribution in [1.82, 2.24) is 19.0 Å². The van der Waals surface area contributed by atoms with Crippen LogP contribution in [0.15, 0.2) is 50.9 Å². The average molecular weight is 400 g/mol. The van der Waals surface area contributed by atoms with Crippen molar-refractivity contribution in [2.75, 3.05) is 6.54 Å². The van der Waals surface area contributed by atoms with E-state index >= 15 is 0 Å². The van der Waals surface area contributed by atoms with E-state index in [9.17, 15) is 13.2 Å². The van der Waals surface area contributed by atoms with Gasteiger partial charge in [0.1, 0.15) is 17.0 Å². The zero-order chi connectivity index (χ0) is 19.3. The van der Waals surface area contributed by atoms with Crippen LogP contribution >= 0.6 is 0 Å². The Kier molecular flexibility index (Phi) is 4.09. The fourth-order valence-electron chi connectivity index (χ4n) is 3.92. The van der Waals surface area contributed by atoms with Crippen LogP contribution in [0, 0.1) is 5.92 Å². The molecule has 0 N–H and O–H groups in total. The minimum Gasteiger partial charge on any atom is -0.363 e. The second-order valence-electron chi connectivity index (χ2n) is 7.48. The van der Waals surface area contributed by atoms with E-state index in [1.807, 2.05) is 12.1 Å². The number of nitrogens with zero attached hydrogens (tertiary/aromatic N) is 4. The Balaban J connectivity index is 1.66. The first-order valence-corrected chi connectivity index (χ1v) is 10.9. The number of hydrogen-bond acceptors (Lipinski definition) is 6. The number of rotatable bonds is 5. The van der Waals surface area contributed by atoms with Gasteiger partial charge >= 0.3 is 0 Å². The number of benzene rings is 1. The average Bonchev–Trinajstić information content (AvgIpc) is 3.14. The standard InChI is InChI=1S/C19H20N4O4S/c24-19-15-4-1-2-5-16(15)21-18(22(19)11-13-7-8-13)17-6-3-9-23(17)28(25,26)14-10-20-27-12-14/h1-2,4-5,10,12-13,17H,3,6-9,11H2. The summed E-state index contributed by atoms with van der Waals surface area (Å²) in [6.45, 7) is 0.966. The highest BCUT2D eigenvalue weighted by Crippen LogP contribution is 2.37. The van der Waals surface area contributed by atoms with Gasteiger partial charge in [-0.15, -0.1) is 0 Å². The molecule has 9 heteroatoms. The highest BCUT2D eigenvalue weighted by atomic mass is 32.2. The van der Waals surface area contributed by atoms with Crippen molar-refractivity contribution in [3.8, 4) is 0 Å². The maximum Gasteiger partial charge on any atom is 0.261 e. The molecule has 1 atom stereocenters. The monoisotopic (exact) mass is 400 g/mol. The van der Waals surface area contributed by atoms with Gasteiger partial charge < -0.3 is 4.52 Å². The molecule has 1 saturated heterocycles. The third kappa shape index (κ3) is 2.85. The lowest BCUT2D eigenvalue weighted by molar-refractivity contribution is 0.364. The van der Waals surface area contributed by atoms with Gasteiger partial charge in [-0.05, 0) is 43.7 Å². The molecule has 1 aliphatic carbocycles. The number of fused-ring (bicyclic) bond motifs is 1. The zero-order valence-electron chi connectivity index (χ0n) is 15.2. The minimum absolute atomic E-state index is 0.0243. The third-order valence-electron chi connectivity index (χ3n) is 5.55. The van der Waals surface area contributed by atoms with Gasteiger partial charge in [0.15, 0.2) is 0 Å². The number of hydrogen-bond donors (Lipinski definition) is 0. The van der Waals surface area contributed by atoms with Crippen LogP contribution in [-0.2, 0) is 16.6 Å². The van der Waals surface area contributed by atoms with E-state index in [1.165, 1.54) is 10.5 Å². The van der Waals surface area contributed by atoms with E-state index in [0.717, 1.165) is 19.1 Å². The smallest absolute Gasteiger partial charge is 0.261 e. The minimum atomic E-state index is -3.77. The molecule has 1 aromatic carbocycles. The summed E-state index contributed by atoms with van der Waals surface area (Å²) < 4.78 is 34.0. The quantitative estimate of drug-likeness (QED) is 0.652. The van der Waals surface area contributed by atoms with Gasteiger partial charge in [-0.1, -0.05) is 17.3 Å². The molecule has 5 rings (SSSR count). The highest BCUT2D eigenvalue weighted by molar-refractivity contribution is 7.89. The predicted molar refractivity (Wildman–Crippen MR) is 101 cm³/mol. The second kappa shape index (κ2) is 6.52. The van der Waals surface area contributed by atoms with Crippen molar-refractivity contribution in [3.63, 3.8) is 0 Å². The van der Waals surface area contributed by atoms with Gasteiger partial charge in [-0.2, -0.15) is 4.31 Å². The molecule has 1 unspecified atom stereocenters. The molecule has 146 valence electrons. The molecular weight excluding hydrogens is 380 g/mol. The molecule has 0 spiro atoms. The van der Waals surface area contributed by atoms with Crippen LogP contribution in [0.2, 0.25) is 0 Å². The molecular formula is C19H20N4O4S. The van der Waals surface area contributed by atoms with Crippen LogP contribution in [0.1, 0.15) is 37.5 Å². The zero-order valence-corrected chi connectivity index (χ0v) is 16.0. The Morgan fingerprint density at radius 1 is 1.18 bits per heavy atom. The summed E-state index contributed by atoms with van der Waals surface area (Å²) in [5.74, 6) is 0.997. The Morgan fingerprint density at radius 2 is 2.00 bits per heavy atom. The topological polar surface area (TPSA) is 98.3 Å². The lowest BCUT2D eigenvalue weighted by Crippen LogP contribution is -2.35. The van der Waals surface area contributed by atoms with Gasteiger partial charge in [-0.25, -0.2) is 13.4 Å². The summed E-state index contributed by atoms with van der Waals surface area (Å²) >= 11 is 0. The lowest BCUT2D eigenvalue weighted by Gasteiger charge is -2.25. The Hall–Kier alpha value is -2.52. The second-order valence-corrected chi connectivity index (χ2v) is 9.37. The third-order valence-corrected chi connectivity index (χ3v) is 7.40. The number of aromatic nitrogens is 3. The lowest BCUT2D eigenvalue weighted by atomic mass is 10.1. The summed E-state index contributed by atoms with van der Waals surface area (Å²) in [7, 11) is -3.77. The van der Waals surface area contributed by atoms with Crippen LogP contribution in [-0.4, -0.2) is 34.0 Å². The van der Waals surface area contributed by atoms with Crippen molar-refractivity contribution in [1.29, 1.82) is 0 Å². The first-order chi connectivity index (χ1) is 13.6. The summed E-state index contributed by atoms with van der Waals surface area (Å²) in [5.41, 5.74) is 0.505. The van der Waals surface area contributed by atoms with Crippen molar-refractivity contribution in [2.45, 2.75) is 43.2 Å². The molecule has 0 bridgehead atoms. The molecule has 2 aromatic heterocycles. The van der Waals surface area contributed by atoms with E-state index in [0.29, 0.717) is 48.6 Å². The number of para-hydroxylation sites is 1. The predicted octanol–water partition coefficient (Wildman–Crippen LogP) is 2.32. The van der Waals surface area contributed by atoms with Gasteiger partial charge in [0.05, 0.1) is 23.1 Å². The summed E-state index contributed by atoms with van der Waals surface area (Å²) in [5, 5.41) is 4.09. The Bertz CT molecular complexity index is 1180. The van der Waals surface area contributed by atoms with Crippen LogP contribution in [0.3, 0.4) is 0 Å². The van der Waals surface area contributed by atoms with E-state index in [-0.39, 0.29) is 10.5 Å². The van der Waals surface area contributed by atoms with E-state index in [2.05, 4.69) is 5.16 Å². The van der Waals surface area contributed by atoms with Gasteiger partial charge in [0.25, 0.3) is 5.56 Å². The molecule has 3 heterocycles. The van der Waals surface area contributed by atoms with Crippen molar-refractivity contribution in [3.05, 3.63) is 52.9 Å². The maximum absolute atomic E-state index is 13.2. The molecule has 0 amide bonds. The molecule has 1 aliphatic heterocycles. The molecule has 0 radical (unpaired) electrons. The molecule has 8 nitrogen and oxygen atoms in total. The molecule has 3 aromatic rings. The number of sulfonamides is 1. The Labute approximate surface area is 161 Å². The molecule has 2 aliphatic rings. The molecule has 1 saturated carbocycles. The highest BCUT2D eigenvalue weighted by Gasteiger charge is 2.40. The van der Waals surface area contributed by atoms with Gasteiger partial charge in [0, 0.05) is 13.1 Å². The van der Waals surface area contributed by atoms with Crippen LogP contribution in [0.4, 0.5) is 0 Å². The summed E-state index contributed by atoms with van der Waals surface area (Å²) in [6.07, 6.45) is 5.85. The van der Waals surface area contributed by atoms with Crippen molar-refractivity contribution in [2.24, 2.45) is 5.92 Å². The summed E-state index contributed by atoms with van der Waals surface area (Å²) in [6, 6.07) is 6.76. The van der Waals surface area contributed by atoms with Crippen molar-refractivity contribution < 1.29 is 12.9 Å². The van der Waals surface area contributed by atoms with E-state index < -0.39 is 16.1 Å².